The fourth-order valence-corrected chi connectivity index (χ4v) is 7.10. The Labute approximate surface area is 351 Å². The highest BCUT2D eigenvalue weighted by Gasteiger charge is 2.28. The number of nitrogens with one attached hydrogen (secondary N) is 1. The smallest absolute Gasteiger partial charge is 0.391 e. The number of amides is 1. The van der Waals surface area contributed by atoms with Crippen LogP contribution >= 0.6 is 7.82 Å². The third-order valence-electron chi connectivity index (χ3n) is 10.0. The number of hydrogen-bond donors (Lipinski definition) is 3. The van der Waals surface area contributed by atoms with E-state index < -0.39 is 20.0 Å². The van der Waals surface area contributed by atoms with Crippen LogP contribution in [0.1, 0.15) is 187 Å². The molecular formula is C48H90N2O6P+. The van der Waals surface area contributed by atoms with Gasteiger partial charge < -0.3 is 19.8 Å². The van der Waals surface area contributed by atoms with Crippen LogP contribution in [0.4, 0.5) is 0 Å². The van der Waals surface area contributed by atoms with Gasteiger partial charge in [-0.15, -0.1) is 0 Å². The zero-order chi connectivity index (χ0) is 42.1. The minimum atomic E-state index is -4.31. The van der Waals surface area contributed by atoms with Crippen molar-refractivity contribution in [2.45, 2.75) is 199 Å². The average Bonchev–Trinajstić information content (AvgIpc) is 3.16. The van der Waals surface area contributed by atoms with Crippen molar-refractivity contribution in [3.05, 3.63) is 60.8 Å². The van der Waals surface area contributed by atoms with E-state index in [1.54, 1.807) is 0 Å². The summed E-state index contributed by atoms with van der Waals surface area (Å²) in [5.74, 6) is -0.156. The molecule has 0 aromatic heterocycles. The van der Waals surface area contributed by atoms with E-state index in [9.17, 15) is 19.4 Å². The number of phosphoric ester groups is 1. The maximum Gasteiger partial charge on any atom is 0.472 e. The van der Waals surface area contributed by atoms with Gasteiger partial charge >= 0.3 is 7.82 Å². The SMILES string of the molecule is CC/C=C\C/C=C\C/C=C\C/C=C\C/C=C\CCCCCCCCCCCC(=O)NC(COP(=O)(O)OCC[N+](C)(C)C)C(O)CCCCCCCCCCCC. The van der Waals surface area contributed by atoms with Gasteiger partial charge in [-0.1, -0.05) is 184 Å². The molecule has 3 unspecified atom stereocenters. The second kappa shape index (κ2) is 39.6. The third-order valence-corrected chi connectivity index (χ3v) is 11.0. The maximum absolute atomic E-state index is 12.9. The number of likely N-dealkylation sites (N-methyl/N-ethyl adjacent to an activating group) is 1. The van der Waals surface area contributed by atoms with E-state index in [0.29, 0.717) is 23.9 Å². The molecule has 0 spiro atoms. The van der Waals surface area contributed by atoms with E-state index in [1.807, 2.05) is 21.1 Å². The number of aliphatic hydroxyl groups is 1. The molecule has 332 valence electrons. The Hall–Kier alpha value is -1.80. The molecule has 57 heavy (non-hydrogen) atoms. The molecular weight excluding hydrogens is 732 g/mol. The van der Waals surface area contributed by atoms with Crippen molar-refractivity contribution < 1.29 is 32.9 Å². The third kappa shape index (κ3) is 42.1. The first kappa shape index (κ1) is 55.2. The van der Waals surface area contributed by atoms with Crippen LogP contribution in [-0.4, -0.2) is 73.4 Å². The summed E-state index contributed by atoms with van der Waals surface area (Å²) in [4.78, 5) is 23.1. The van der Waals surface area contributed by atoms with Crippen LogP contribution in [0.15, 0.2) is 60.8 Å². The zero-order valence-electron chi connectivity index (χ0n) is 37.6. The maximum atomic E-state index is 12.9. The van der Waals surface area contributed by atoms with Gasteiger partial charge in [0, 0.05) is 6.42 Å². The van der Waals surface area contributed by atoms with Crippen LogP contribution in [0.5, 0.6) is 0 Å². The van der Waals surface area contributed by atoms with Crippen LogP contribution in [0.3, 0.4) is 0 Å². The molecule has 0 fully saturated rings. The average molecular weight is 822 g/mol. The molecule has 0 aromatic rings. The van der Waals surface area contributed by atoms with Crippen molar-refractivity contribution in [1.82, 2.24) is 5.32 Å². The molecule has 0 saturated carbocycles. The van der Waals surface area contributed by atoms with Crippen LogP contribution in [-0.2, 0) is 18.4 Å². The second-order valence-electron chi connectivity index (χ2n) is 16.8. The van der Waals surface area contributed by atoms with E-state index in [2.05, 4.69) is 79.9 Å². The van der Waals surface area contributed by atoms with Crippen molar-refractivity contribution in [3.63, 3.8) is 0 Å². The number of rotatable bonds is 41. The lowest BCUT2D eigenvalue weighted by atomic mass is 10.0. The van der Waals surface area contributed by atoms with Gasteiger partial charge in [-0.2, -0.15) is 0 Å². The Bertz CT molecular complexity index is 1110. The quantitative estimate of drug-likeness (QED) is 0.0245. The lowest BCUT2D eigenvalue weighted by molar-refractivity contribution is -0.870. The minimum absolute atomic E-state index is 0.0707. The summed E-state index contributed by atoms with van der Waals surface area (Å²) in [5.41, 5.74) is 0. The highest BCUT2D eigenvalue weighted by molar-refractivity contribution is 7.47. The van der Waals surface area contributed by atoms with Gasteiger partial charge in [0.25, 0.3) is 0 Å². The van der Waals surface area contributed by atoms with Gasteiger partial charge in [0.15, 0.2) is 0 Å². The largest absolute Gasteiger partial charge is 0.472 e. The monoisotopic (exact) mass is 822 g/mol. The molecule has 0 aromatic carbocycles. The van der Waals surface area contributed by atoms with E-state index in [1.165, 1.54) is 83.5 Å². The van der Waals surface area contributed by atoms with Gasteiger partial charge in [0.2, 0.25) is 5.91 Å². The Morgan fingerprint density at radius 2 is 1.05 bits per heavy atom. The van der Waals surface area contributed by atoms with Gasteiger partial charge in [-0.3, -0.25) is 13.8 Å². The summed E-state index contributed by atoms with van der Waals surface area (Å²) in [7, 11) is 1.60. The van der Waals surface area contributed by atoms with Gasteiger partial charge in [-0.05, 0) is 57.8 Å². The fourth-order valence-electron chi connectivity index (χ4n) is 6.37. The Morgan fingerprint density at radius 1 is 0.614 bits per heavy atom. The fraction of sp³-hybridized carbons (Fsp3) is 0.771. The lowest BCUT2D eigenvalue weighted by Crippen LogP contribution is -2.46. The highest BCUT2D eigenvalue weighted by atomic mass is 31.2. The molecule has 0 bridgehead atoms. The van der Waals surface area contributed by atoms with Crippen molar-refractivity contribution in [3.8, 4) is 0 Å². The van der Waals surface area contributed by atoms with Crippen LogP contribution < -0.4 is 5.32 Å². The second-order valence-corrected chi connectivity index (χ2v) is 18.2. The van der Waals surface area contributed by atoms with E-state index in [-0.39, 0.29) is 19.1 Å². The highest BCUT2D eigenvalue weighted by Crippen LogP contribution is 2.43. The first-order valence-corrected chi connectivity index (χ1v) is 24.6. The number of hydrogen-bond acceptors (Lipinski definition) is 5. The lowest BCUT2D eigenvalue weighted by Gasteiger charge is -2.26. The van der Waals surface area contributed by atoms with Crippen LogP contribution in [0.25, 0.3) is 0 Å². The van der Waals surface area contributed by atoms with Crippen LogP contribution in [0.2, 0.25) is 0 Å². The molecule has 0 heterocycles. The predicted octanol–water partition coefficient (Wildman–Crippen LogP) is 13.0. The van der Waals surface area contributed by atoms with Gasteiger partial charge in [0.05, 0.1) is 39.9 Å². The minimum Gasteiger partial charge on any atom is -0.391 e. The van der Waals surface area contributed by atoms with Crippen LogP contribution in [0, 0.1) is 0 Å². The zero-order valence-corrected chi connectivity index (χ0v) is 38.5. The van der Waals surface area contributed by atoms with Crippen molar-refractivity contribution in [1.29, 1.82) is 0 Å². The molecule has 1 amide bonds. The molecule has 3 atom stereocenters. The topological polar surface area (TPSA) is 105 Å². The number of carbonyl (C=O) groups excluding carboxylic acids is 1. The van der Waals surface area contributed by atoms with Crippen molar-refractivity contribution in [2.75, 3.05) is 40.9 Å². The summed E-state index contributed by atoms with van der Waals surface area (Å²) in [5, 5.41) is 13.9. The number of nitrogens with zero attached hydrogens (tertiary/aromatic N) is 1. The number of phosphoric acid groups is 1. The number of carbonyl (C=O) groups is 1. The predicted molar refractivity (Wildman–Crippen MR) is 244 cm³/mol. The molecule has 0 aliphatic carbocycles. The van der Waals surface area contributed by atoms with Gasteiger partial charge in [0.1, 0.15) is 13.2 Å². The summed E-state index contributed by atoms with van der Waals surface area (Å²) >= 11 is 0. The summed E-state index contributed by atoms with van der Waals surface area (Å²) < 4.78 is 23.6. The summed E-state index contributed by atoms with van der Waals surface area (Å²) in [6.07, 6.45) is 51.1. The van der Waals surface area contributed by atoms with E-state index >= 15 is 0 Å². The van der Waals surface area contributed by atoms with E-state index in [0.717, 1.165) is 77.0 Å². The standard InChI is InChI=1S/C48H89N2O6P/c1-6-8-10-12-14-16-18-19-20-21-22-23-24-25-26-27-28-29-30-31-32-34-36-38-40-42-48(52)49-46(45-56-57(53,54)55-44-43-50(3,4)5)47(51)41-39-37-35-33-17-15-13-11-9-7-2/h8,10,14,16,19-20,22-23,25-26,46-47,51H,6-7,9,11-13,15,17-18,21,24,27-45H2,1-5H3,(H-,49,52,53,54)/p+1/b10-8-,16-14-,20-19-,23-22-,26-25-. The number of quaternary nitrogens is 1. The summed E-state index contributed by atoms with van der Waals surface area (Å²) in [6, 6.07) is -0.764. The van der Waals surface area contributed by atoms with Crippen molar-refractivity contribution >= 4 is 13.7 Å². The number of unbranched alkanes of at least 4 members (excludes halogenated alkanes) is 18. The molecule has 0 aliphatic rings. The number of aliphatic hydroxyl groups excluding tert-OH is 1. The first-order chi connectivity index (χ1) is 27.5. The summed E-state index contributed by atoms with van der Waals surface area (Å²) in [6.45, 7) is 4.74. The molecule has 8 nitrogen and oxygen atoms in total. The van der Waals surface area contributed by atoms with E-state index in [4.69, 9.17) is 9.05 Å². The van der Waals surface area contributed by atoms with Crippen molar-refractivity contribution in [2.24, 2.45) is 0 Å². The molecule has 0 aliphatic heterocycles. The Kier molecular flexibility index (Phi) is 38.4. The molecule has 3 N–H and O–H groups in total. The molecule has 0 rings (SSSR count). The normalized spacial score (nSPS) is 14.9. The molecule has 0 radical (unpaired) electrons. The molecule has 9 heteroatoms. The number of allylic oxidation sites excluding steroid dienone is 10. The van der Waals surface area contributed by atoms with Gasteiger partial charge in [-0.25, -0.2) is 4.57 Å². The Morgan fingerprint density at radius 3 is 1.54 bits per heavy atom. The molecule has 0 saturated heterocycles. The Balaban J connectivity index is 4.22. The first-order valence-electron chi connectivity index (χ1n) is 23.2.